The van der Waals surface area contributed by atoms with Crippen molar-refractivity contribution in [2.45, 2.75) is 13.5 Å². The van der Waals surface area contributed by atoms with Crippen molar-refractivity contribution in [3.8, 4) is 22.5 Å². The molecule has 2 aromatic carbocycles. The van der Waals surface area contributed by atoms with E-state index in [1.165, 1.54) is 4.68 Å². The van der Waals surface area contributed by atoms with E-state index < -0.39 is 0 Å². The predicted octanol–water partition coefficient (Wildman–Crippen LogP) is 3.24. The summed E-state index contributed by atoms with van der Waals surface area (Å²) in [5, 5.41) is 11.8. The summed E-state index contributed by atoms with van der Waals surface area (Å²) in [5.41, 5.74) is 10.8. The van der Waals surface area contributed by atoms with Gasteiger partial charge in [0.05, 0.1) is 29.2 Å². The van der Waals surface area contributed by atoms with Gasteiger partial charge in [-0.3, -0.25) is 9.89 Å². The Hall–Kier alpha value is -3.67. The van der Waals surface area contributed by atoms with E-state index in [4.69, 9.17) is 5.73 Å². The standard InChI is InChI=1S/C21H19N5O/c1-14-19(18-12-17(23-24-18)16-10-6-3-7-11-16)20(22)21(27)26(25-14)13-15-8-4-2-5-9-15/h2-12H,13,22H2,1H3,(H,23,24). The topological polar surface area (TPSA) is 89.6 Å². The van der Waals surface area contributed by atoms with Crippen LogP contribution in [-0.2, 0) is 6.54 Å². The first-order chi connectivity index (χ1) is 13.1. The minimum atomic E-state index is -0.310. The molecule has 6 nitrogen and oxygen atoms in total. The molecule has 134 valence electrons. The highest BCUT2D eigenvalue weighted by Gasteiger charge is 2.17. The Kier molecular flexibility index (Phi) is 4.30. The third kappa shape index (κ3) is 3.25. The van der Waals surface area contributed by atoms with Gasteiger partial charge in [-0.15, -0.1) is 0 Å². The normalized spacial score (nSPS) is 10.9. The highest BCUT2D eigenvalue weighted by molar-refractivity contribution is 5.77. The van der Waals surface area contributed by atoms with Crippen LogP contribution >= 0.6 is 0 Å². The van der Waals surface area contributed by atoms with Gasteiger partial charge in [0.15, 0.2) is 0 Å². The fraction of sp³-hybridized carbons (Fsp3) is 0.0952. The number of aryl methyl sites for hydroxylation is 1. The molecule has 27 heavy (non-hydrogen) atoms. The molecule has 2 heterocycles. The smallest absolute Gasteiger partial charge is 0.290 e. The SMILES string of the molecule is Cc1nn(Cc2ccccc2)c(=O)c(N)c1-c1cc(-c2ccccc2)n[nH]1. The second kappa shape index (κ2) is 6.92. The van der Waals surface area contributed by atoms with Gasteiger partial charge < -0.3 is 5.73 Å². The maximum absolute atomic E-state index is 12.7. The van der Waals surface area contributed by atoms with E-state index >= 15 is 0 Å². The summed E-state index contributed by atoms with van der Waals surface area (Å²) in [4.78, 5) is 12.7. The van der Waals surface area contributed by atoms with Crippen LogP contribution in [0.3, 0.4) is 0 Å². The molecular formula is C21H19N5O. The molecule has 0 fully saturated rings. The zero-order chi connectivity index (χ0) is 18.8. The molecule has 0 aliphatic rings. The quantitative estimate of drug-likeness (QED) is 0.587. The number of rotatable bonds is 4. The first-order valence-electron chi connectivity index (χ1n) is 8.66. The van der Waals surface area contributed by atoms with Crippen molar-refractivity contribution in [2.75, 3.05) is 5.73 Å². The number of nitrogens with two attached hydrogens (primary N) is 1. The first kappa shape index (κ1) is 16.8. The molecule has 0 unspecified atom stereocenters. The van der Waals surface area contributed by atoms with Crippen molar-refractivity contribution >= 4 is 5.69 Å². The lowest BCUT2D eigenvalue weighted by molar-refractivity contribution is 0.632. The average molecular weight is 357 g/mol. The Morgan fingerprint density at radius 1 is 1.04 bits per heavy atom. The third-order valence-corrected chi connectivity index (χ3v) is 4.46. The van der Waals surface area contributed by atoms with Gasteiger partial charge in [0.1, 0.15) is 5.69 Å². The Balaban J connectivity index is 1.73. The van der Waals surface area contributed by atoms with Gasteiger partial charge in [-0.05, 0) is 18.6 Å². The maximum atomic E-state index is 12.7. The Morgan fingerprint density at radius 3 is 2.41 bits per heavy atom. The van der Waals surface area contributed by atoms with Gasteiger partial charge in [-0.25, -0.2) is 4.68 Å². The van der Waals surface area contributed by atoms with E-state index in [-0.39, 0.29) is 11.2 Å². The summed E-state index contributed by atoms with van der Waals surface area (Å²) in [6, 6.07) is 21.4. The van der Waals surface area contributed by atoms with E-state index in [1.807, 2.05) is 73.7 Å². The fourth-order valence-electron chi connectivity index (χ4n) is 3.13. The minimum Gasteiger partial charge on any atom is -0.394 e. The second-order valence-corrected chi connectivity index (χ2v) is 6.36. The number of aromatic nitrogens is 4. The second-order valence-electron chi connectivity index (χ2n) is 6.36. The maximum Gasteiger partial charge on any atom is 0.290 e. The highest BCUT2D eigenvalue weighted by Crippen LogP contribution is 2.28. The van der Waals surface area contributed by atoms with Crippen LogP contribution in [0.25, 0.3) is 22.5 Å². The van der Waals surface area contributed by atoms with Crippen LogP contribution in [0.5, 0.6) is 0 Å². The minimum absolute atomic E-state index is 0.168. The number of nitrogen functional groups attached to an aromatic ring is 1. The van der Waals surface area contributed by atoms with Crippen LogP contribution in [0.1, 0.15) is 11.3 Å². The van der Waals surface area contributed by atoms with Gasteiger partial charge in [-0.2, -0.15) is 10.2 Å². The number of nitrogens with one attached hydrogen (secondary N) is 1. The van der Waals surface area contributed by atoms with Gasteiger partial charge in [0, 0.05) is 5.56 Å². The summed E-state index contributed by atoms with van der Waals surface area (Å²) in [5.74, 6) is 0. The molecule has 0 aliphatic heterocycles. The lowest BCUT2D eigenvalue weighted by Gasteiger charge is -2.11. The van der Waals surface area contributed by atoms with Gasteiger partial charge in [-0.1, -0.05) is 60.7 Å². The molecule has 0 amide bonds. The molecule has 0 aliphatic carbocycles. The van der Waals surface area contributed by atoms with Crippen LogP contribution in [0.2, 0.25) is 0 Å². The largest absolute Gasteiger partial charge is 0.394 e. The number of hydrogen-bond acceptors (Lipinski definition) is 4. The molecule has 0 atom stereocenters. The molecule has 4 aromatic rings. The molecule has 0 saturated carbocycles. The van der Waals surface area contributed by atoms with Crippen molar-refractivity contribution in [2.24, 2.45) is 0 Å². The zero-order valence-electron chi connectivity index (χ0n) is 14.9. The highest BCUT2D eigenvalue weighted by atomic mass is 16.1. The molecule has 0 spiro atoms. The Morgan fingerprint density at radius 2 is 1.70 bits per heavy atom. The Bertz CT molecular complexity index is 1130. The van der Waals surface area contributed by atoms with E-state index in [0.29, 0.717) is 23.5 Å². The molecule has 3 N–H and O–H groups in total. The molecule has 6 heteroatoms. The number of anilines is 1. The van der Waals surface area contributed by atoms with Crippen LogP contribution in [0, 0.1) is 6.92 Å². The Labute approximate surface area is 156 Å². The molecule has 4 rings (SSSR count). The average Bonchev–Trinajstić information content (AvgIpc) is 3.17. The van der Waals surface area contributed by atoms with E-state index in [2.05, 4.69) is 15.3 Å². The third-order valence-electron chi connectivity index (χ3n) is 4.46. The van der Waals surface area contributed by atoms with Gasteiger partial charge >= 0.3 is 0 Å². The molecule has 2 aromatic heterocycles. The summed E-state index contributed by atoms with van der Waals surface area (Å²) >= 11 is 0. The number of hydrogen-bond donors (Lipinski definition) is 2. The summed E-state index contributed by atoms with van der Waals surface area (Å²) < 4.78 is 1.40. The summed E-state index contributed by atoms with van der Waals surface area (Å²) in [7, 11) is 0. The predicted molar refractivity (Wildman–Crippen MR) is 106 cm³/mol. The van der Waals surface area contributed by atoms with Crippen molar-refractivity contribution < 1.29 is 0 Å². The number of H-pyrrole nitrogens is 1. The monoisotopic (exact) mass is 357 g/mol. The van der Waals surface area contributed by atoms with Crippen LogP contribution in [0.4, 0.5) is 5.69 Å². The van der Waals surface area contributed by atoms with Crippen molar-refractivity contribution in [3.05, 3.63) is 88.3 Å². The van der Waals surface area contributed by atoms with Crippen molar-refractivity contribution in [3.63, 3.8) is 0 Å². The summed E-state index contributed by atoms with van der Waals surface area (Å²) in [6.45, 7) is 2.22. The van der Waals surface area contributed by atoms with E-state index in [9.17, 15) is 4.79 Å². The molecule has 0 bridgehead atoms. The number of benzene rings is 2. The van der Waals surface area contributed by atoms with Crippen molar-refractivity contribution in [1.29, 1.82) is 0 Å². The molecule has 0 radical (unpaired) electrons. The van der Waals surface area contributed by atoms with Crippen molar-refractivity contribution in [1.82, 2.24) is 20.0 Å². The zero-order valence-corrected chi connectivity index (χ0v) is 14.9. The van der Waals surface area contributed by atoms with Crippen LogP contribution in [0.15, 0.2) is 71.5 Å². The molecule has 0 saturated heterocycles. The fourth-order valence-corrected chi connectivity index (χ4v) is 3.13. The van der Waals surface area contributed by atoms with Gasteiger partial charge in [0.25, 0.3) is 5.56 Å². The number of nitrogens with zero attached hydrogens (tertiary/aromatic N) is 3. The van der Waals surface area contributed by atoms with E-state index in [0.717, 1.165) is 16.8 Å². The van der Waals surface area contributed by atoms with Gasteiger partial charge in [0.2, 0.25) is 0 Å². The van der Waals surface area contributed by atoms with Crippen LogP contribution < -0.4 is 11.3 Å². The summed E-state index contributed by atoms with van der Waals surface area (Å²) in [6.07, 6.45) is 0. The van der Waals surface area contributed by atoms with Crippen LogP contribution in [-0.4, -0.2) is 20.0 Å². The lowest BCUT2D eigenvalue weighted by Crippen LogP contribution is -2.27. The van der Waals surface area contributed by atoms with E-state index in [1.54, 1.807) is 0 Å². The first-order valence-corrected chi connectivity index (χ1v) is 8.66. The molecular weight excluding hydrogens is 338 g/mol. The lowest BCUT2D eigenvalue weighted by atomic mass is 10.1. The number of aromatic amines is 1.